The fraction of sp³-hybridized carbons (Fsp3) is 0.185. The fourth-order valence-electron chi connectivity index (χ4n) is 3.67. The lowest BCUT2D eigenvalue weighted by Crippen LogP contribution is -2.04. The predicted octanol–water partition coefficient (Wildman–Crippen LogP) is 6.13. The Bertz CT molecular complexity index is 1410. The van der Waals surface area contributed by atoms with E-state index < -0.39 is 0 Å². The van der Waals surface area contributed by atoms with Crippen molar-refractivity contribution in [2.45, 2.75) is 38.1 Å². The Kier molecular flexibility index (Phi) is 6.27. The van der Waals surface area contributed by atoms with Crippen molar-refractivity contribution in [1.29, 1.82) is 0 Å². The Morgan fingerprint density at radius 2 is 1.65 bits per heavy atom. The normalized spacial score (nSPS) is 11.1. The van der Waals surface area contributed by atoms with Crippen LogP contribution < -0.4 is 0 Å². The lowest BCUT2D eigenvalue weighted by Gasteiger charge is -2.12. The maximum absolute atomic E-state index is 5.51. The first-order valence-electron chi connectivity index (χ1n) is 11.1. The van der Waals surface area contributed by atoms with E-state index in [1.807, 2.05) is 42.5 Å². The SMILES string of the molecule is Cc1ccc(-c2noc(CSc3nnc(Cc4ccccc4)n3-c3ccc(C)c(C)c3)n2)cc1. The molecule has 0 saturated heterocycles. The third-order valence-corrected chi connectivity index (χ3v) is 6.67. The van der Waals surface area contributed by atoms with Crippen LogP contribution in [0.25, 0.3) is 17.1 Å². The van der Waals surface area contributed by atoms with Crippen LogP contribution in [0, 0.1) is 20.8 Å². The van der Waals surface area contributed by atoms with Gasteiger partial charge in [-0.3, -0.25) is 4.57 Å². The van der Waals surface area contributed by atoms with Crippen molar-refractivity contribution in [1.82, 2.24) is 24.9 Å². The zero-order valence-corrected chi connectivity index (χ0v) is 20.2. The van der Waals surface area contributed by atoms with Crippen LogP contribution in [0.4, 0.5) is 0 Å². The van der Waals surface area contributed by atoms with Crippen LogP contribution in [-0.2, 0) is 12.2 Å². The third kappa shape index (κ3) is 4.79. The predicted molar refractivity (Wildman–Crippen MR) is 134 cm³/mol. The third-order valence-electron chi connectivity index (χ3n) is 5.76. The molecule has 5 rings (SSSR count). The molecule has 0 fully saturated rings. The van der Waals surface area contributed by atoms with Gasteiger partial charge in [0.25, 0.3) is 0 Å². The van der Waals surface area contributed by atoms with Crippen molar-refractivity contribution < 1.29 is 4.52 Å². The summed E-state index contributed by atoms with van der Waals surface area (Å²) in [5.41, 5.74) is 6.86. The lowest BCUT2D eigenvalue weighted by atomic mass is 10.1. The molecule has 0 saturated carbocycles. The molecule has 0 spiro atoms. The van der Waals surface area contributed by atoms with E-state index in [0.29, 0.717) is 23.9 Å². The smallest absolute Gasteiger partial charge is 0.237 e. The van der Waals surface area contributed by atoms with Gasteiger partial charge in [-0.25, -0.2) is 0 Å². The van der Waals surface area contributed by atoms with Crippen LogP contribution in [0.1, 0.15) is 34.0 Å². The molecule has 0 radical (unpaired) electrons. The topological polar surface area (TPSA) is 69.6 Å². The fourth-order valence-corrected chi connectivity index (χ4v) is 4.48. The van der Waals surface area contributed by atoms with Crippen molar-refractivity contribution in [2.75, 3.05) is 0 Å². The summed E-state index contributed by atoms with van der Waals surface area (Å²) in [6, 6.07) is 24.9. The Morgan fingerprint density at radius 3 is 2.41 bits per heavy atom. The molecule has 170 valence electrons. The minimum atomic E-state index is 0.507. The van der Waals surface area contributed by atoms with Crippen LogP contribution >= 0.6 is 11.8 Å². The average Bonchev–Trinajstić information content (AvgIpc) is 3.48. The highest BCUT2D eigenvalue weighted by Crippen LogP contribution is 2.28. The van der Waals surface area contributed by atoms with E-state index >= 15 is 0 Å². The molecule has 0 aliphatic carbocycles. The van der Waals surface area contributed by atoms with Crippen molar-refractivity contribution in [3.05, 3.63) is 107 Å². The molecule has 0 N–H and O–H groups in total. The first-order chi connectivity index (χ1) is 16.6. The van der Waals surface area contributed by atoms with E-state index in [1.165, 1.54) is 22.3 Å². The van der Waals surface area contributed by atoms with Gasteiger partial charge >= 0.3 is 0 Å². The Hall–Kier alpha value is -3.71. The van der Waals surface area contributed by atoms with E-state index in [9.17, 15) is 0 Å². The number of hydrogen-bond donors (Lipinski definition) is 0. The van der Waals surface area contributed by atoms with Crippen molar-refractivity contribution in [3.8, 4) is 17.1 Å². The highest BCUT2D eigenvalue weighted by molar-refractivity contribution is 7.98. The first-order valence-corrected chi connectivity index (χ1v) is 12.1. The summed E-state index contributed by atoms with van der Waals surface area (Å²) < 4.78 is 7.64. The zero-order chi connectivity index (χ0) is 23.5. The molecular formula is C27H25N5OS. The second-order valence-electron chi connectivity index (χ2n) is 8.33. The summed E-state index contributed by atoms with van der Waals surface area (Å²) in [6.45, 7) is 6.30. The van der Waals surface area contributed by atoms with E-state index in [0.717, 1.165) is 22.2 Å². The molecular weight excluding hydrogens is 442 g/mol. The molecule has 7 heteroatoms. The van der Waals surface area contributed by atoms with E-state index in [2.05, 4.69) is 76.0 Å². The van der Waals surface area contributed by atoms with E-state index in [-0.39, 0.29) is 0 Å². The largest absolute Gasteiger partial charge is 0.338 e. The number of nitrogens with zero attached hydrogens (tertiary/aromatic N) is 5. The van der Waals surface area contributed by atoms with Crippen molar-refractivity contribution >= 4 is 11.8 Å². The van der Waals surface area contributed by atoms with Gasteiger partial charge in [-0.05, 0) is 49.6 Å². The Labute approximate surface area is 203 Å². The molecule has 0 atom stereocenters. The number of aryl methyl sites for hydroxylation is 3. The van der Waals surface area contributed by atoms with Crippen LogP contribution in [-0.4, -0.2) is 24.9 Å². The summed E-state index contributed by atoms with van der Waals surface area (Å²) in [4.78, 5) is 4.57. The second kappa shape index (κ2) is 9.65. The Morgan fingerprint density at radius 1 is 0.853 bits per heavy atom. The molecule has 2 aromatic heterocycles. The van der Waals surface area contributed by atoms with Gasteiger partial charge in [0.1, 0.15) is 5.82 Å². The molecule has 5 aromatic rings. The zero-order valence-electron chi connectivity index (χ0n) is 19.4. The van der Waals surface area contributed by atoms with Gasteiger partial charge in [-0.15, -0.1) is 10.2 Å². The molecule has 0 amide bonds. The summed E-state index contributed by atoms with van der Waals surface area (Å²) in [5, 5.41) is 14.0. The first kappa shape index (κ1) is 22.1. The monoisotopic (exact) mass is 467 g/mol. The average molecular weight is 468 g/mol. The maximum Gasteiger partial charge on any atom is 0.237 e. The van der Waals surface area contributed by atoms with Gasteiger partial charge in [0.05, 0.1) is 5.75 Å². The minimum Gasteiger partial charge on any atom is -0.338 e. The molecule has 2 heterocycles. The van der Waals surface area contributed by atoms with Gasteiger partial charge in [-0.2, -0.15) is 4.98 Å². The number of thioether (sulfide) groups is 1. The number of hydrogen-bond acceptors (Lipinski definition) is 6. The molecule has 0 aliphatic rings. The lowest BCUT2D eigenvalue weighted by molar-refractivity contribution is 0.391. The van der Waals surface area contributed by atoms with E-state index in [1.54, 1.807) is 11.8 Å². The summed E-state index contributed by atoms with van der Waals surface area (Å²) in [7, 11) is 0. The van der Waals surface area contributed by atoms with Gasteiger partial charge in [-0.1, -0.05) is 83.1 Å². The quantitative estimate of drug-likeness (QED) is 0.268. The highest BCUT2D eigenvalue weighted by Gasteiger charge is 2.17. The van der Waals surface area contributed by atoms with Crippen LogP contribution in [0.3, 0.4) is 0 Å². The van der Waals surface area contributed by atoms with Gasteiger partial charge in [0.2, 0.25) is 11.7 Å². The van der Waals surface area contributed by atoms with Gasteiger partial charge in [0, 0.05) is 17.7 Å². The molecule has 34 heavy (non-hydrogen) atoms. The molecule has 0 bridgehead atoms. The van der Waals surface area contributed by atoms with E-state index in [4.69, 9.17) is 4.52 Å². The number of aromatic nitrogens is 5. The standard InChI is InChI=1S/C27H25N5OS/c1-18-9-12-22(13-10-18)26-28-25(33-31-26)17-34-27-30-29-24(16-21-7-5-4-6-8-21)32(27)23-14-11-19(2)20(3)15-23/h4-15H,16-17H2,1-3H3. The van der Waals surface area contributed by atoms with Gasteiger partial charge in [0.15, 0.2) is 5.16 Å². The number of rotatable bonds is 7. The second-order valence-corrected chi connectivity index (χ2v) is 9.27. The van der Waals surface area contributed by atoms with Crippen LogP contribution in [0.15, 0.2) is 82.5 Å². The van der Waals surface area contributed by atoms with Gasteiger partial charge < -0.3 is 4.52 Å². The maximum atomic E-state index is 5.51. The minimum absolute atomic E-state index is 0.507. The highest BCUT2D eigenvalue weighted by atomic mass is 32.2. The van der Waals surface area contributed by atoms with Crippen LogP contribution in [0.5, 0.6) is 0 Å². The molecule has 0 aliphatic heterocycles. The summed E-state index contributed by atoms with van der Waals surface area (Å²) in [5.74, 6) is 2.55. The Balaban J connectivity index is 1.42. The summed E-state index contributed by atoms with van der Waals surface area (Å²) in [6.07, 6.45) is 0.694. The van der Waals surface area contributed by atoms with Crippen molar-refractivity contribution in [2.24, 2.45) is 0 Å². The van der Waals surface area contributed by atoms with Crippen molar-refractivity contribution in [3.63, 3.8) is 0 Å². The summed E-state index contributed by atoms with van der Waals surface area (Å²) >= 11 is 1.54. The number of benzene rings is 3. The molecule has 3 aromatic carbocycles. The molecule has 0 unspecified atom stereocenters. The van der Waals surface area contributed by atoms with Crippen LogP contribution in [0.2, 0.25) is 0 Å². The molecule has 6 nitrogen and oxygen atoms in total.